The van der Waals surface area contributed by atoms with E-state index in [0.29, 0.717) is 33.1 Å². The molecule has 140 valence electrons. The van der Waals surface area contributed by atoms with Crippen molar-refractivity contribution in [1.82, 2.24) is 9.55 Å². The third-order valence-corrected chi connectivity index (χ3v) is 5.52. The minimum Gasteiger partial charge on any atom is -0.325 e. The number of nitrogens with one attached hydrogen (secondary N) is 1. The van der Waals surface area contributed by atoms with E-state index in [0.717, 1.165) is 12.8 Å². The smallest absolute Gasteiger partial charge is 0.262 e. The lowest BCUT2D eigenvalue weighted by Gasteiger charge is -2.12. The number of hydrogen-bond donors (Lipinski definition) is 1. The maximum Gasteiger partial charge on any atom is 0.262 e. The Morgan fingerprint density at radius 2 is 1.96 bits per heavy atom. The first-order chi connectivity index (χ1) is 13.7. The molecule has 1 N–H and O–H groups in total. The van der Waals surface area contributed by atoms with Gasteiger partial charge in [-0.05, 0) is 37.1 Å². The average molecular weight is 390 g/mol. The predicted molar refractivity (Wildman–Crippen MR) is 109 cm³/mol. The maximum atomic E-state index is 12.8. The molecule has 0 unspecified atom stereocenters. The lowest BCUT2D eigenvalue weighted by atomic mass is 10.2. The van der Waals surface area contributed by atoms with Crippen molar-refractivity contribution in [2.24, 2.45) is 0 Å². The minimum atomic E-state index is -0.170. The van der Waals surface area contributed by atoms with Crippen molar-refractivity contribution in [3.05, 3.63) is 64.4 Å². The number of hydrogen-bond acceptors (Lipinski definition) is 5. The Morgan fingerprint density at radius 1 is 1.21 bits per heavy atom. The van der Waals surface area contributed by atoms with E-state index < -0.39 is 0 Å². The van der Waals surface area contributed by atoms with Crippen molar-refractivity contribution < 1.29 is 4.79 Å². The van der Waals surface area contributed by atoms with Crippen molar-refractivity contribution in [3.8, 4) is 6.07 Å². The summed E-state index contributed by atoms with van der Waals surface area (Å²) in [6, 6.07) is 16.5. The summed E-state index contributed by atoms with van der Waals surface area (Å²) in [4.78, 5) is 29.8. The van der Waals surface area contributed by atoms with Crippen LogP contribution in [0.1, 0.15) is 30.9 Å². The van der Waals surface area contributed by atoms with Gasteiger partial charge in [-0.25, -0.2) is 4.98 Å². The number of amides is 1. The fourth-order valence-corrected chi connectivity index (χ4v) is 4.02. The molecule has 0 radical (unpaired) electrons. The lowest BCUT2D eigenvalue weighted by molar-refractivity contribution is -0.115. The molecule has 28 heavy (non-hydrogen) atoms. The molecule has 1 aliphatic rings. The first-order valence-corrected chi connectivity index (χ1v) is 10.1. The molecule has 6 nitrogen and oxygen atoms in total. The van der Waals surface area contributed by atoms with Gasteiger partial charge in [0.2, 0.25) is 5.91 Å². The van der Waals surface area contributed by atoms with E-state index in [1.54, 1.807) is 34.9 Å². The van der Waals surface area contributed by atoms with Gasteiger partial charge in [-0.3, -0.25) is 14.2 Å². The molecule has 1 fully saturated rings. The second kappa shape index (κ2) is 7.87. The van der Waals surface area contributed by atoms with Gasteiger partial charge in [0, 0.05) is 18.2 Å². The van der Waals surface area contributed by atoms with Gasteiger partial charge in [0.15, 0.2) is 5.16 Å². The van der Waals surface area contributed by atoms with Crippen molar-refractivity contribution >= 4 is 34.3 Å². The first kappa shape index (κ1) is 18.3. The summed E-state index contributed by atoms with van der Waals surface area (Å²) in [7, 11) is 0. The van der Waals surface area contributed by atoms with Gasteiger partial charge in [-0.15, -0.1) is 0 Å². The molecule has 1 saturated carbocycles. The van der Waals surface area contributed by atoms with Gasteiger partial charge in [0.05, 0.1) is 22.2 Å². The third kappa shape index (κ3) is 3.78. The zero-order valence-corrected chi connectivity index (χ0v) is 15.9. The lowest BCUT2D eigenvalue weighted by Crippen LogP contribution is -2.22. The number of benzene rings is 2. The van der Waals surface area contributed by atoms with Crippen LogP contribution in [0.5, 0.6) is 0 Å². The highest BCUT2D eigenvalue weighted by Crippen LogP contribution is 2.36. The van der Waals surface area contributed by atoms with Gasteiger partial charge < -0.3 is 5.32 Å². The summed E-state index contributed by atoms with van der Waals surface area (Å²) in [5.74, 6) is 0.328. The maximum absolute atomic E-state index is 12.8. The number of fused-ring (bicyclic) bond motifs is 1. The van der Waals surface area contributed by atoms with Crippen molar-refractivity contribution in [2.45, 2.75) is 30.5 Å². The Labute approximate surface area is 166 Å². The SMILES string of the molecule is N#Cc1ccccc1NC(=O)CCSc1nc2ccccc2c(=O)n1C1CC1. The summed E-state index contributed by atoms with van der Waals surface area (Å²) in [5, 5.41) is 13.2. The molecule has 4 rings (SSSR count). The molecule has 0 atom stereocenters. The van der Waals surface area contributed by atoms with E-state index in [4.69, 9.17) is 5.26 Å². The third-order valence-electron chi connectivity index (χ3n) is 4.57. The number of aromatic nitrogens is 2. The number of thioether (sulfide) groups is 1. The number of carbonyl (C=O) groups excluding carboxylic acids is 1. The number of nitrogens with zero attached hydrogens (tertiary/aromatic N) is 3. The van der Waals surface area contributed by atoms with Crippen LogP contribution in [0.15, 0.2) is 58.5 Å². The molecule has 0 saturated heterocycles. The Morgan fingerprint density at radius 3 is 2.75 bits per heavy atom. The Bertz CT molecular complexity index is 1150. The molecule has 1 amide bonds. The van der Waals surface area contributed by atoms with Crippen LogP contribution < -0.4 is 10.9 Å². The largest absolute Gasteiger partial charge is 0.325 e. The highest BCUT2D eigenvalue weighted by atomic mass is 32.2. The van der Waals surface area contributed by atoms with E-state index in [9.17, 15) is 9.59 Å². The normalized spacial score (nSPS) is 13.2. The fraction of sp³-hybridized carbons (Fsp3) is 0.238. The van der Waals surface area contributed by atoms with Crippen LogP contribution in [0.3, 0.4) is 0 Å². The van der Waals surface area contributed by atoms with Crippen molar-refractivity contribution in [1.29, 1.82) is 5.26 Å². The summed E-state index contributed by atoms with van der Waals surface area (Å²) >= 11 is 1.42. The molecule has 1 heterocycles. The van der Waals surface area contributed by atoms with E-state index in [2.05, 4.69) is 16.4 Å². The number of carbonyl (C=O) groups is 1. The number of para-hydroxylation sites is 2. The molecule has 0 spiro atoms. The summed E-state index contributed by atoms with van der Waals surface area (Å²) in [6.45, 7) is 0. The van der Waals surface area contributed by atoms with Crippen LogP contribution in [0.2, 0.25) is 0 Å². The van der Waals surface area contributed by atoms with Crippen LogP contribution in [0.4, 0.5) is 5.69 Å². The van der Waals surface area contributed by atoms with Crippen LogP contribution >= 0.6 is 11.8 Å². The van der Waals surface area contributed by atoms with E-state index in [-0.39, 0.29) is 23.9 Å². The van der Waals surface area contributed by atoms with Crippen LogP contribution in [0, 0.1) is 11.3 Å². The van der Waals surface area contributed by atoms with E-state index in [1.807, 2.05) is 18.2 Å². The van der Waals surface area contributed by atoms with Gasteiger partial charge in [0.25, 0.3) is 5.56 Å². The Balaban J connectivity index is 1.47. The first-order valence-electron chi connectivity index (χ1n) is 9.10. The second-order valence-electron chi connectivity index (χ2n) is 6.62. The van der Waals surface area contributed by atoms with Crippen LogP contribution in [-0.2, 0) is 4.79 Å². The monoisotopic (exact) mass is 390 g/mol. The highest BCUT2D eigenvalue weighted by molar-refractivity contribution is 7.99. The minimum absolute atomic E-state index is 0.0111. The Kier molecular flexibility index (Phi) is 5.13. The summed E-state index contributed by atoms with van der Waals surface area (Å²) in [5.41, 5.74) is 1.61. The van der Waals surface area contributed by atoms with Crippen LogP contribution in [-0.4, -0.2) is 21.2 Å². The number of nitriles is 1. The molecular formula is C21H18N4O2S. The van der Waals surface area contributed by atoms with Crippen LogP contribution in [0.25, 0.3) is 10.9 Å². The second-order valence-corrected chi connectivity index (χ2v) is 7.68. The average Bonchev–Trinajstić information content (AvgIpc) is 3.53. The highest BCUT2D eigenvalue weighted by Gasteiger charge is 2.28. The number of rotatable bonds is 6. The zero-order chi connectivity index (χ0) is 19.5. The quantitative estimate of drug-likeness (QED) is 0.512. The molecule has 7 heteroatoms. The van der Waals surface area contributed by atoms with Gasteiger partial charge in [0.1, 0.15) is 6.07 Å². The molecule has 0 aliphatic heterocycles. The predicted octanol–water partition coefficient (Wildman–Crippen LogP) is 3.72. The van der Waals surface area contributed by atoms with Crippen molar-refractivity contribution in [2.75, 3.05) is 11.1 Å². The molecule has 1 aromatic heterocycles. The number of anilines is 1. The summed E-state index contributed by atoms with van der Waals surface area (Å²) in [6.07, 6.45) is 2.23. The fourth-order valence-electron chi connectivity index (χ4n) is 3.02. The molecule has 1 aliphatic carbocycles. The standard InChI is InChI=1S/C21H18N4O2S/c22-13-14-5-1-3-7-17(14)23-19(26)11-12-28-21-24-18-8-4-2-6-16(18)20(27)25(21)15-9-10-15/h1-8,15H,9-12H2,(H,23,26). The van der Waals surface area contributed by atoms with Gasteiger partial charge in [-0.2, -0.15) is 5.26 Å². The molecule has 0 bridgehead atoms. The topological polar surface area (TPSA) is 87.8 Å². The van der Waals surface area contributed by atoms with E-state index in [1.165, 1.54) is 11.8 Å². The van der Waals surface area contributed by atoms with E-state index >= 15 is 0 Å². The summed E-state index contributed by atoms with van der Waals surface area (Å²) < 4.78 is 1.77. The van der Waals surface area contributed by atoms with Gasteiger partial charge in [-0.1, -0.05) is 36.0 Å². The molecule has 2 aromatic carbocycles. The zero-order valence-electron chi connectivity index (χ0n) is 15.1. The Hall–Kier alpha value is -3.11. The molecular weight excluding hydrogens is 372 g/mol. The van der Waals surface area contributed by atoms with Crippen molar-refractivity contribution in [3.63, 3.8) is 0 Å². The van der Waals surface area contributed by atoms with Gasteiger partial charge >= 0.3 is 0 Å². The molecule has 3 aromatic rings.